The molecule has 10 unspecified atom stereocenters. The van der Waals surface area contributed by atoms with Crippen LogP contribution in [0.2, 0.25) is 0 Å². The van der Waals surface area contributed by atoms with Crippen LogP contribution in [-0.2, 0) is 82.8 Å². The van der Waals surface area contributed by atoms with Gasteiger partial charge in [0.15, 0.2) is 5.78 Å². The van der Waals surface area contributed by atoms with Gasteiger partial charge in [0.05, 0.1) is 70.3 Å². The molecule has 0 spiro atoms. The molecule has 10 rings (SSSR count). The van der Waals surface area contributed by atoms with Crippen LogP contribution in [0.1, 0.15) is 182 Å². The van der Waals surface area contributed by atoms with Crippen molar-refractivity contribution >= 4 is 65.7 Å². The summed E-state index contributed by atoms with van der Waals surface area (Å²) in [5.74, 6) is -7.02. The van der Waals surface area contributed by atoms with Crippen LogP contribution < -0.4 is 5.32 Å². The summed E-state index contributed by atoms with van der Waals surface area (Å²) < 4.78 is 44.1. The average molecular weight is 1560 g/mol. The van der Waals surface area contributed by atoms with Gasteiger partial charge in [0, 0.05) is 98.7 Å². The van der Waals surface area contributed by atoms with Gasteiger partial charge in [0.25, 0.3) is 5.79 Å². The van der Waals surface area contributed by atoms with Crippen molar-refractivity contribution in [2.45, 2.75) is 209 Å². The summed E-state index contributed by atoms with van der Waals surface area (Å²) >= 11 is 0. The Balaban J connectivity index is 0.000000339. The molecule has 6 saturated heterocycles. The van der Waals surface area contributed by atoms with E-state index in [1.165, 1.54) is 73.3 Å². The van der Waals surface area contributed by atoms with E-state index < -0.39 is 53.0 Å². The summed E-state index contributed by atoms with van der Waals surface area (Å²) in [6.07, 6.45) is 11.6. The minimum Gasteiger partial charge on any atom is -0.478 e. The molecule has 2 amide bonds. The Bertz CT molecular complexity index is 3570. The number of benzene rings is 1. The smallest absolute Gasteiger partial charge is 0.410 e. The lowest BCUT2D eigenvalue weighted by Gasteiger charge is -2.39. The molecular formula is C82H122N8O21. The molecule has 6 fully saturated rings. The van der Waals surface area contributed by atoms with E-state index in [1.807, 2.05) is 70.3 Å². The fourth-order valence-corrected chi connectivity index (χ4v) is 12.8. The average Bonchev–Trinajstić information content (AvgIpc) is 0.788. The summed E-state index contributed by atoms with van der Waals surface area (Å²) in [6.45, 7) is 30.0. The lowest BCUT2D eigenvalue weighted by Crippen LogP contribution is -2.53. The number of nitrogens with zero attached hydrogens (tertiary/aromatic N) is 7. The van der Waals surface area contributed by atoms with Gasteiger partial charge in [-0.15, -0.1) is 0 Å². The van der Waals surface area contributed by atoms with Crippen LogP contribution in [0.3, 0.4) is 0 Å². The van der Waals surface area contributed by atoms with Gasteiger partial charge >= 0.3 is 59.9 Å². The van der Waals surface area contributed by atoms with Crippen molar-refractivity contribution in [3.8, 4) is 0 Å². The number of Topliss-reactive ketones (excluding diaryl/α,β-unsaturated/α-hetero) is 1. The molecule has 616 valence electrons. The molecule has 6 aliphatic heterocycles. The van der Waals surface area contributed by atoms with Crippen molar-refractivity contribution in [2.24, 2.45) is 35.5 Å². The molecule has 29 nitrogen and oxygen atoms in total. The Labute approximate surface area is 655 Å². The number of amides is 2. The highest BCUT2D eigenvalue weighted by Gasteiger charge is 2.50. The number of ether oxygens (including phenoxy) is 9. The predicted molar refractivity (Wildman–Crippen MR) is 413 cm³/mol. The monoisotopic (exact) mass is 1550 g/mol. The van der Waals surface area contributed by atoms with Crippen molar-refractivity contribution in [1.82, 2.24) is 39.9 Å². The zero-order chi connectivity index (χ0) is 83.5. The first kappa shape index (κ1) is 95.7. The van der Waals surface area contributed by atoms with Gasteiger partial charge in [-0.3, -0.25) is 48.5 Å². The summed E-state index contributed by atoms with van der Waals surface area (Å²) in [5.41, 5.74) is 5.08. The summed E-state index contributed by atoms with van der Waals surface area (Å²) in [7, 11) is 11.3. The van der Waals surface area contributed by atoms with Crippen LogP contribution in [-0.4, -0.2) is 229 Å². The number of carbonyl (C=O) groups excluding carboxylic acids is 10. The molecule has 29 heteroatoms. The molecule has 10 atom stereocenters. The second kappa shape index (κ2) is 47.7. The number of cyclic esters (lactones) is 2. The highest BCUT2D eigenvalue weighted by atomic mass is 16.7. The van der Waals surface area contributed by atoms with Crippen molar-refractivity contribution in [1.29, 1.82) is 0 Å². The van der Waals surface area contributed by atoms with Crippen LogP contribution in [0.15, 0.2) is 85.3 Å². The lowest BCUT2D eigenvalue weighted by molar-refractivity contribution is -0.239. The van der Waals surface area contributed by atoms with E-state index in [1.54, 1.807) is 55.8 Å². The summed E-state index contributed by atoms with van der Waals surface area (Å²) in [6, 6.07) is 21.1. The van der Waals surface area contributed by atoms with Gasteiger partial charge in [-0.2, -0.15) is 0 Å². The zero-order valence-corrected chi connectivity index (χ0v) is 69.0. The number of rotatable bonds is 10. The molecule has 0 bridgehead atoms. The number of hydrogen-bond acceptors (Lipinski definition) is 26. The minimum atomic E-state index is -1.55. The molecule has 4 aromatic rings. The second-order valence-electron chi connectivity index (χ2n) is 30.0. The van der Waals surface area contributed by atoms with Crippen LogP contribution in [0, 0.1) is 63.2 Å². The van der Waals surface area contributed by atoms with E-state index in [0.717, 1.165) is 80.8 Å². The number of aromatic carboxylic acids is 1. The SMILES string of the molecule is CC1CC(C(=O)C2C(=O)OC(C)(C)OC2=O)CCN1C(=O)OC(C)(C)C.COC(=O)C1CCN(C(=O)OCc2ccccc2)C(C)C1.COC(=O)C1CCN(C)C(C)C1.COC(=O)C1CCN(C)C(C)C1.COC(=O)C1CCNC(C)C1.COC(=O)c1ccnc(C)c1.Cc1cc(C(=O)O)ccn1.Cc1ccnc(C)c1. The number of methoxy groups -OCH3 is 5. The third-order valence-electron chi connectivity index (χ3n) is 19.4. The number of esters is 7. The number of likely N-dealkylation sites (tertiary alicyclic amines) is 4. The largest absolute Gasteiger partial charge is 0.478 e. The molecule has 0 radical (unpaired) electrons. The normalized spacial score (nSPS) is 22.7. The second-order valence-corrected chi connectivity index (χ2v) is 30.0. The fraction of sp³-hybridized carbons (Fsp3) is 0.610. The first-order chi connectivity index (χ1) is 52.2. The van der Waals surface area contributed by atoms with E-state index in [2.05, 4.69) is 87.4 Å². The number of nitrogens with one attached hydrogen (secondary N) is 1. The number of hydrogen-bond donors (Lipinski definition) is 2. The van der Waals surface area contributed by atoms with Crippen LogP contribution in [0.25, 0.3) is 0 Å². The fourth-order valence-electron chi connectivity index (χ4n) is 12.8. The molecule has 1 aromatic carbocycles. The highest BCUT2D eigenvalue weighted by molar-refractivity contribution is 6.16. The number of pyridine rings is 3. The van der Waals surface area contributed by atoms with Crippen LogP contribution in [0.4, 0.5) is 9.59 Å². The van der Waals surface area contributed by atoms with E-state index >= 15 is 0 Å². The maximum atomic E-state index is 12.7. The maximum absolute atomic E-state index is 12.7. The quantitative estimate of drug-likeness (QED) is 0.0846. The van der Waals surface area contributed by atoms with Crippen LogP contribution >= 0.6 is 0 Å². The van der Waals surface area contributed by atoms with Crippen molar-refractivity contribution < 1.29 is 100 Å². The first-order valence-corrected chi connectivity index (χ1v) is 37.7. The molecule has 0 aliphatic carbocycles. The van der Waals surface area contributed by atoms with E-state index in [4.69, 9.17) is 38.3 Å². The molecule has 2 N–H and O–H groups in total. The van der Waals surface area contributed by atoms with Gasteiger partial charge in [-0.1, -0.05) is 30.3 Å². The van der Waals surface area contributed by atoms with E-state index in [0.29, 0.717) is 62.5 Å². The predicted octanol–water partition coefficient (Wildman–Crippen LogP) is 10.9. The Morgan fingerprint density at radius 1 is 0.523 bits per heavy atom. The Morgan fingerprint density at radius 3 is 1.32 bits per heavy atom. The standard InChI is InChI=1S/C18H27NO7.C16H21NO4.2C9H17NO2.C8H15NO2.C8H9NO2.C7H7NO2.C7H9N/c1-10-9-11(7-8-19(10)16(23)26-17(2,3)4)13(20)12-14(21)24-18(5,6)25-15(12)22;1-12-10-14(15(18)20-2)8-9-17(12)16(19)21-11-13-6-4-3-5-7-13;2*1-7-6-8(9(11)12-3)4-5-10(7)2;2*1-6-5-7(3-4-9-6)8(10)11-2;1-5-4-6(7(9)10)2-3-8-5;1-6-3-4-8-7(2)5-6/h10-12H,7-9H2,1-6H3;3-7,12,14H,8-11H2,1-2H3;2*7-8H,4-6H2,1-3H3;6-7,9H,3-5H2,1-2H3;3-5H,1-2H3;2-4H,1H3,(H,9,10);3-5H,1-2H3. The number of carboxylic acid groups (broad SMARTS) is 1. The zero-order valence-electron chi connectivity index (χ0n) is 69.0. The number of aromatic nitrogens is 3. The van der Waals surface area contributed by atoms with Crippen molar-refractivity contribution in [3.63, 3.8) is 0 Å². The third kappa shape index (κ3) is 34.4. The molecule has 111 heavy (non-hydrogen) atoms. The van der Waals surface area contributed by atoms with Crippen molar-refractivity contribution in [3.05, 3.63) is 125 Å². The van der Waals surface area contributed by atoms with Gasteiger partial charge in [-0.05, 0) is 229 Å². The number of piperidine rings is 5. The first-order valence-electron chi connectivity index (χ1n) is 37.7. The Hall–Kier alpha value is -9.48. The molecular weight excluding hydrogens is 1430 g/mol. The number of ketones is 1. The molecule has 3 aromatic heterocycles. The van der Waals surface area contributed by atoms with E-state index in [-0.39, 0.29) is 83.9 Å². The Kier molecular flexibility index (Phi) is 41.1. The molecule has 9 heterocycles. The molecule has 0 saturated carbocycles. The summed E-state index contributed by atoms with van der Waals surface area (Å²) in [4.78, 5) is 147. The van der Waals surface area contributed by atoms with Gasteiger partial charge < -0.3 is 72.7 Å². The topological polar surface area (TPSA) is 355 Å². The third-order valence-corrected chi connectivity index (χ3v) is 19.4. The number of carbonyl (C=O) groups is 11. The lowest BCUT2D eigenvalue weighted by atomic mass is 9.82. The summed E-state index contributed by atoms with van der Waals surface area (Å²) in [5, 5.41) is 11.8. The number of carboxylic acids is 1. The minimum absolute atomic E-state index is 0.0221. The maximum Gasteiger partial charge on any atom is 0.410 e. The van der Waals surface area contributed by atoms with Gasteiger partial charge in [0.1, 0.15) is 12.2 Å². The van der Waals surface area contributed by atoms with Gasteiger partial charge in [0.2, 0.25) is 5.92 Å². The van der Waals surface area contributed by atoms with E-state index in [9.17, 15) is 52.7 Å². The number of aryl methyl sites for hydroxylation is 4. The van der Waals surface area contributed by atoms with Crippen LogP contribution in [0.5, 0.6) is 0 Å². The highest BCUT2D eigenvalue weighted by Crippen LogP contribution is 2.32. The Morgan fingerprint density at radius 2 is 0.928 bits per heavy atom. The van der Waals surface area contributed by atoms with Crippen molar-refractivity contribution in [2.75, 3.05) is 82.4 Å². The molecule has 6 aliphatic rings. The van der Waals surface area contributed by atoms with Gasteiger partial charge in [-0.25, -0.2) is 19.2 Å².